The van der Waals surface area contributed by atoms with Gasteiger partial charge in [0.2, 0.25) is 5.95 Å². The highest BCUT2D eigenvalue weighted by molar-refractivity contribution is 5.83. The Hall–Kier alpha value is -2.57. The molecule has 120 valence electrons. The van der Waals surface area contributed by atoms with Crippen molar-refractivity contribution in [2.75, 3.05) is 5.73 Å². The van der Waals surface area contributed by atoms with Crippen LogP contribution in [0.2, 0.25) is 0 Å². The van der Waals surface area contributed by atoms with Gasteiger partial charge < -0.3 is 10.3 Å². The minimum absolute atomic E-state index is 0.0205. The van der Waals surface area contributed by atoms with Crippen molar-refractivity contribution in [2.24, 2.45) is 0 Å². The van der Waals surface area contributed by atoms with Crippen molar-refractivity contribution in [1.82, 2.24) is 19.5 Å². The molecule has 3 aromatic rings. The molecular formula is C16H17F2N5. The first-order valence-electron chi connectivity index (χ1n) is 7.38. The van der Waals surface area contributed by atoms with E-state index in [1.807, 2.05) is 25.3 Å². The molecule has 23 heavy (non-hydrogen) atoms. The summed E-state index contributed by atoms with van der Waals surface area (Å²) in [5.74, 6) is -0.509. The quantitative estimate of drug-likeness (QED) is 0.801. The molecule has 0 bridgehead atoms. The van der Waals surface area contributed by atoms with E-state index in [4.69, 9.17) is 5.73 Å². The number of nitrogens with zero attached hydrogens (tertiary/aromatic N) is 4. The molecule has 0 aliphatic rings. The second kappa shape index (κ2) is 5.57. The third-order valence-corrected chi connectivity index (χ3v) is 3.99. The summed E-state index contributed by atoms with van der Waals surface area (Å²) in [6, 6.07) is 3.06. The summed E-state index contributed by atoms with van der Waals surface area (Å²) < 4.78 is 30.4. The van der Waals surface area contributed by atoms with Crippen molar-refractivity contribution in [1.29, 1.82) is 0 Å². The molecule has 3 rings (SSSR count). The molecule has 0 fully saturated rings. The van der Waals surface area contributed by atoms with Crippen LogP contribution in [-0.4, -0.2) is 19.5 Å². The van der Waals surface area contributed by atoms with E-state index in [1.54, 1.807) is 6.07 Å². The lowest BCUT2D eigenvalue weighted by Gasteiger charge is -2.14. The summed E-state index contributed by atoms with van der Waals surface area (Å²) in [5, 5.41) is 0. The maximum atomic E-state index is 14.5. The summed E-state index contributed by atoms with van der Waals surface area (Å²) in [4.78, 5) is 11.8. The minimum atomic E-state index is -0.649. The predicted molar refractivity (Wildman–Crippen MR) is 84.8 cm³/mol. The van der Waals surface area contributed by atoms with Gasteiger partial charge in [0, 0.05) is 11.6 Å². The molecule has 1 atom stereocenters. The van der Waals surface area contributed by atoms with Crippen LogP contribution in [0.4, 0.5) is 14.7 Å². The molecule has 2 N–H and O–H groups in total. The number of benzene rings is 1. The average Bonchev–Trinajstić information content (AvgIpc) is 2.85. The van der Waals surface area contributed by atoms with Gasteiger partial charge in [-0.25, -0.2) is 23.7 Å². The second-order valence-electron chi connectivity index (χ2n) is 5.54. The standard InChI is InChI=1S/C16H17F2N5/c1-4-8(2)23-9(3)21-15-11(17)5-10(6-13(15)23)14-12(18)7-20-16(19)22-14/h5-8H,4H2,1-3H3,(H2,19,20,22). The van der Waals surface area contributed by atoms with E-state index in [2.05, 4.69) is 15.0 Å². The third-order valence-electron chi connectivity index (χ3n) is 3.99. The summed E-state index contributed by atoms with van der Waals surface area (Å²) >= 11 is 0. The number of anilines is 1. The Labute approximate surface area is 132 Å². The lowest BCUT2D eigenvalue weighted by molar-refractivity contribution is 0.532. The van der Waals surface area contributed by atoms with Crippen LogP contribution < -0.4 is 5.73 Å². The van der Waals surface area contributed by atoms with Gasteiger partial charge in [-0.05, 0) is 32.4 Å². The molecule has 5 nitrogen and oxygen atoms in total. The normalized spacial score (nSPS) is 12.7. The van der Waals surface area contributed by atoms with E-state index < -0.39 is 11.6 Å². The van der Waals surface area contributed by atoms with Gasteiger partial charge in [0.25, 0.3) is 0 Å². The molecule has 0 aliphatic carbocycles. The smallest absolute Gasteiger partial charge is 0.220 e. The number of hydrogen-bond acceptors (Lipinski definition) is 4. The topological polar surface area (TPSA) is 69.6 Å². The summed E-state index contributed by atoms with van der Waals surface area (Å²) in [6.45, 7) is 5.90. The fraction of sp³-hybridized carbons (Fsp3) is 0.312. The van der Waals surface area contributed by atoms with Crippen LogP contribution in [0, 0.1) is 18.6 Å². The van der Waals surface area contributed by atoms with Crippen LogP contribution in [0.5, 0.6) is 0 Å². The van der Waals surface area contributed by atoms with Gasteiger partial charge in [0.1, 0.15) is 17.0 Å². The molecule has 0 amide bonds. The fourth-order valence-corrected chi connectivity index (χ4v) is 2.73. The molecule has 0 spiro atoms. The fourth-order valence-electron chi connectivity index (χ4n) is 2.73. The monoisotopic (exact) mass is 317 g/mol. The lowest BCUT2D eigenvalue weighted by Crippen LogP contribution is -2.06. The SMILES string of the molecule is CCC(C)n1c(C)nc2c(F)cc(-c3nc(N)ncc3F)cc21. The van der Waals surface area contributed by atoms with E-state index >= 15 is 0 Å². The summed E-state index contributed by atoms with van der Waals surface area (Å²) in [6.07, 6.45) is 1.85. The van der Waals surface area contributed by atoms with E-state index in [0.717, 1.165) is 12.6 Å². The number of aryl methyl sites for hydroxylation is 1. The van der Waals surface area contributed by atoms with E-state index in [1.165, 1.54) is 6.07 Å². The number of hydrogen-bond donors (Lipinski definition) is 1. The van der Waals surface area contributed by atoms with E-state index in [9.17, 15) is 8.78 Å². The second-order valence-corrected chi connectivity index (χ2v) is 5.54. The Balaban J connectivity index is 2.30. The third kappa shape index (κ3) is 2.52. The van der Waals surface area contributed by atoms with Crippen molar-refractivity contribution in [3.05, 3.63) is 35.8 Å². The van der Waals surface area contributed by atoms with Crippen LogP contribution in [0.1, 0.15) is 32.1 Å². The van der Waals surface area contributed by atoms with Crippen molar-refractivity contribution in [3.63, 3.8) is 0 Å². The van der Waals surface area contributed by atoms with Crippen molar-refractivity contribution in [3.8, 4) is 11.3 Å². The highest BCUT2D eigenvalue weighted by atomic mass is 19.1. The number of nitrogen functional groups attached to an aromatic ring is 1. The Bertz CT molecular complexity index is 888. The zero-order valence-corrected chi connectivity index (χ0v) is 13.1. The zero-order valence-electron chi connectivity index (χ0n) is 13.1. The molecule has 0 aliphatic heterocycles. The number of fused-ring (bicyclic) bond motifs is 1. The van der Waals surface area contributed by atoms with Gasteiger partial charge >= 0.3 is 0 Å². The minimum Gasteiger partial charge on any atom is -0.368 e. The number of halogens is 2. The maximum Gasteiger partial charge on any atom is 0.220 e. The van der Waals surface area contributed by atoms with Gasteiger partial charge in [0.15, 0.2) is 11.6 Å². The van der Waals surface area contributed by atoms with Crippen LogP contribution in [0.3, 0.4) is 0 Å². The van der Waals surface area contributed by atoms with Crippen LogP contribution in [0.25, 0.3) is 22.3 Å². The Morgan fingerprint density at radius 3 is 2.65 bits per heavy atom. The molecule has 7 heteroatoms. The molecule has 0 saturated carbocycles. The molecule has 1 aromatic carbocycles. The average molecular weight is 317 g/mol. The van der Waals surface area contributed by atoms with Crippen molar-refractivity contribution < 1.29 is 8.78 Å². The Kier molecular flexibility index (Phi) is 3.71. The lowest BCUT2D eigenvalue weighted by atomic mass is 10.1. The van der Waals surface area contributed by atoms with Crippen molar-refractivity contribution >= 4 is 17.0 Å². The number of aromatic nitrogens is 4. The Morgan fingerprint density at radius 2 is 1.96 bits per heavy atom. The largest absolute Gasteiger partial charge is 0.368 e. The van der Waals surface area contributed by atoms with Crippen LogP contribution in [0.15, 0.2) is 18.3 Å². The first-order valence-corrected chi connectivity index (χ1v) is 7.38. The number of imidazole rings is 1. The summed E-state index contributed by atoms with van der Waals surface area (Å²) in [5.41, 5.74) is 6.70. The van der Waals surface area contributed by atoms with E-state index in [-0.39, 0.29) is 23.2 Å². The highest BCUT2D eigenvalue weighted by Gasteiger charge is 2.18. The van der Waals surface area contributed by atoms with Gasteiger partial charge in [-0.2, -0.15) is 0 Å². The molecule has 2 aromatic heterocycles. The van der Waals surface area contributed by atoms with Crippen LogP contribution in [-0.2, 0) is 0 Å². The molecule has 0 radical (unpaired) electrons. The van der Waals surface area contributed by atoms with Gasteiger partial charge in [-0.1, -0.05) is 6.92 Å². The first kappa shape index (κ1) is 15.3. The maximum absolute atomic E-state index is 14.5. The van der Waals surface area contributed by atoms with Crippen LogP contribution >= 0.6 is 0 Å². The zero-order chi connectivity index (χ0) is 16.7. The summed E-state index contributed by atoms with van der Waals surface area (Å²) in [7, 11) is 0. The van der Waals surface area contributed by atoms with Gasteiger partial charge in [0.05, 0.1) is 11.7 Å². The first-order chi connectivity index (χ1) is 10.9. The predicted octanol–water partition coefficient (Wildman–Crippen LogP) is 3.63. The van der Waals surface area contributed by atoms with Gasteiger partial charge in [-0.15, -0.1) is 0 Å². The molecule has 0 saturated heterocycles. The van der Waals surface area contributed by atoms with Crippen molar-refractivity contribution in [2.45, 2.75) is 33.2 Å². The highest BCUT2D eigenvalue weighted by Crippen LogP contribution is 2.30. The van der Waals surface area contributed by atoms with E-state index in [0.29, 0.717) is 16.9 Å². The number of rotatable bonds is 3. The van der Waals surface area contributed by atoms with Gasteiger partial charge in [-0.3, -0.25) is 0 Å². The molecule has 1 unspecified atom stereocenters. The Morgan fingerprint density at radius 1 is 1.22 bits per heavy atom. The number of nitrogens with two attached hydrogens (primary N) is 1. The molecule has 2 heterocycles. The molecular weight excluding hydrogens is 300 g/mol.